The minimum absolute atomic E-state index is 0.216. The molecule has 0 N–H and O–H groups in total. The number of ether oxygens (including phenoxy) is 4. The summed E-state index contributed by atoms with van der Waals surface area (Å²) in [6, 6.07) is 16.3. The first-order valence-corrected chi connectivity index (χ1v) is 16.4. The standard InChI is InChI=1S/C38H49N3O6/c1-24-12-10-13-28(31-14-11-15-33(39-31)40-19-18-29(32(22-40)44-9)35(42)46-37(3,4)5)34(24)45-23-27-17-16-26-20-41(21-30(26)25(27)2)36(43)47-38(6,7)8/h10-17,29,32H,18-23H2,1-9H3/t29-,32+/m1/s1. The molecule has 2 aromatic carbocycles. The first-order valence-electron chi connectivity index (χ1n) is 16.4. The summed E-state index contributed by atoms with van der Waals surface area (Å²) in [6.45, 7) is 18.1. The number of anilines is 1. The number of para-hydroxylation sites is 1. The first kappa shape index (κ1) is 34.2. The molecule has 2 atom stereocenters. The number of aryl methyl sites for hydroxylation is 1. The Labute approximate surface area is 279 Å². The summed E-state index contributed by atoms with van der Waals surface area (Å²) >= 11 is 0. The zero-order chi connectivity index (χ0) is 34.1. The summed E-state index contributed by atoms with van der Waals surface area (Å²) < 4.78 is 23.6. The van der Waals surface area contributed by atoms with Gasteiger partial charge in [0.25, 0.3) is 0 Å². The number of esters is 1. The van der Waals surface area contributed by atoms with Crippen LogP contribution < -0.4 is 9.64 Å². The molecule has 0 saturated carbocycles. The fourth-order valence-electron chi connectivity index (χ4n) is 6.25. The Morgan fingerprint density at radius 1 is 0.915 bits per heavy atom. The lowest BCUT2D eigenvalue weighted by atomic mass is 9.93. The van der Waals surface area contributed by atoms with Crippen molar-refractivity contribution in [1.29, 1.82) is 0 Å². The number of hydrogen-bond acceptors (Lipinski definition) is 8. The van der Waals surface area contributed by atoms with Gasteiger partial charge in [0.05, 0.1) is 17.7 Å². The van der Waals surface area contributed by atoms with Crippen molar-refractivity contribution in [3.05, 3.63) is 76.3 Å². The van der Waals surface area contributed by atoms with E-state index >= 15 is 0 Å². The summed E-state index contributed by atoms with van der Waals surface area (Å²) in [6.07, 6.45) is 0.0254. The third-order valence-corrected chi connectivity index (χ3v) is 8.66. The minimum atomic E-state index is -0.543. The number of pyridine rings is 1. The van der Waals surface area contributed by atoms with E-state index in [1.165, 1.54) is 0 Å². The number of methoxy groups -OCH3 is 1. The monoisotopic (exact) mass is 643 g/mol. The van der Waals surface area contributed by atoms with Crippen LogP contribution in [0.15, 0.2) is 48.5 Å². The maximum Gasteiger partial charge on any atom is 0.410 e. The zero-order valence-electron chi connectivity index (χ0n) is 29.3. The van der Waals surface area contributed by atoms with Crippen molar-refractivity contribution in [2.24, 2.45) is 5.92 Å². The van der Waals surface area contributed by atoms with Crippen LogP contribution in [-0.2, 0) is 38.7 Å². The molecular weight excluding hydrogens is 594 g/mol. The second kappa shape index (κ2) is 13.6. The van der Waals surface area contributed by atoms with Gasteiger partial charge in [0, 0.05) is 38.9 Å². The van der Waals surface area contributed by atoms with Crippen molar-refractivity contribution >= 4 is 17.9 Å². The maximum atomic E-state index is 12.9. The second-order valence-electron chi connectivity index (χ2n) is 14.6. The van der Waals surface area contributed by atoms with Crippen LogP contribution in [0.3, 0.4) is 0 Å². The molecular formula is C38H49N3O6. The number of piperidine rings is 1. The highest BCUT2D eigenvalue weighted by molar-refractivity contribution is 5.74. The number of carbonyl (C=O) groups excluding carboxylic acids is 2. The Balaban J connectivity index is 1.31. The Hall–Kier alpha value is -4.11. The first-order chi connectivity index (χ1) is 22.1. The molecule has 252 valence electrons. The van der Waals surface area contributed by atoms with Gasteiger partial charge in [0.2, 0.25) is 0 Å². The molecule has 0 spiro atoms. The lowest BCUT2D eigenvalue weighted by molar-refractivity contribution is -0.165. The quantitative estimate of drug-likeness (QED) is 0.247. The van der Waals surface area contributed by atoms with E-state index in [-0.39, 0.29) is 24.1 Å². The summed E-state index contributed by atoms with van der Waals surface area (Å²) in [4.78, 5) is 34.6. The third-order valence-electron chi connectivity index (χ3n) is 8.66. The number of amides is 1. The van der Waals surface area contributed by atoms with E-state index in [9.17, 15) is 9.59 Å². The summed E-state index contributed by atoms with van der Waals surface area (Å²) in [5.41, 5.74) is 6.15. The largest absolute Gasteiger partial charge is 0.488 e. The van der Waals surface area contributed by atoms with E-state index in [1.54, 1.807) is 12.0 Å². The van der Waals surface area contributed by atoms with Gasteiger partial charge in [-0.2, -0.15) is 0 Å². The van der Waals surface area contributed by atoms with Gasteiger partial charge in [-0.05, 0) is 108 Å². The smallest absolute Gasteiger partial charge is 0.410 e. The predicted octanol–water partition coefficient (Wildman–Crippen LogP) is 7.38. The fourth-order valence-corrected chi connectivity index (χ4v) is 6.25. The molecule has 0 bridgehead atoms. The molecule has 1 saturated heterocycles. The van der Waals surface area contributed by atoms with Crippen molar-refractivity contribution < 1.29 is 28.5 Å². The van der Waals surface area contributed by atoms with Crippen molar-refractivity contribution in [3.63, 3.8) is 0 Å². The van der Waals surface area contributed by atoms with Crippen molar-refractivity contribution in [1.82, 2.24) is 9.88 Å². The molecule has 5 rings (SSSR count). The number of hydrogen-bond donors (Lipinski definition) is 0. The molecule has 1 amide bonds. The van der Waals surface area contributed by atoms with Gasteiger partial charge in [-0.15, -0.1) is 0 Å². The van der Waals surface area contributed by atoms with Crippen LogP contribution in [0.5, 0.6) is 5.75 Å². The van der Waals surface area contributed by atoms with Crippen LogP contribution in [0.1, 0.15) is 75.8 Å². The summed E-state index contributed by atoms with van der Waals surface area (Å²) in [5.74, 6) is 1.07. The molecule has 1 aromatic heterocycles. The van der Waals surface area contributed by atoms with E-state index in [0.29, 0.717) is 39.2 Å². The molecule has 0 unspecified atom stereocenters. The van der Waals surface area contributed by atoms with Gasteiger partial charge in [-0.1, -0.05) is 30.3 Å². The molecule has 3 heterocycles. The zero-order valence-corrected chi connectivity index (χ0v) is 29.3. The molecule has 3 aromatic rings. The topological polar surface area (TPSA) is 90.4 Å². The maximum absolute atomic E-state index is 12.9. The minimum Gasteiger partial charge on any atom is -0.488 e. The van der Waals surface area contributed by atoms with Crippen LogP contribution in [0.4, 0.5) is 10.6 Å². The van der Waals surface area contributed by atoms with Crippen LogP contribution in [0.25, 0.3) is 11.3 Å². The van der Waals surface area contributed by atoms with Gasteiger partial charge >= 0.3 is 12.1 Å². The SMILES string of the molecule is CO[C@H]1CN(c2cccc(-c3cccc(C)c3OCc3ccc4c(c3C)CN(C(=O)OC(C)(C)C)C4)n2)CC[C@H]1C(=O)OC(C)(C)C. The van der Waals surface area contributed by atoms with Crippen LogP contribution >= 0.6 is 0 Å². The molecule has 2 aliphatic rings. The molecule has 9 nitrogen and oxygen atoms in total. The van der Waals surface area contributed by atoms with E-state index in [2.05, 4.69) is 24.0 Å². The Kier molecular flexibility index (Phi) is 9.87. The highest BCUT2D eigenvalue weighted by Crippen LogP contribution is 2.36. The molecule has 9 heteroatoms. The lowest BCUT2D eigenvalue weighted by Gasteiger charge is -2.38. The van der Waals surface area contributed by atoms with Gasteiger partial charge in [-0.3, -0.25) is 9.69 Å². The van der Waals surface area contributed by atoms with Crippen LogP contribution in [-0.4, -0.2) is 59.5 Å². The molecule has 47 heavy (non-hydrogen) atoms. The number of fused-ring (bicyclic) bond motifs is 1. The Morgan fingerprint density at radius 3 is 2.34 bits per heavy atom. The molecule has 0 radical (unpaired) electrons. The number of benzene rings is 2. The van der Waals surface area contributed by atoms with Gasteiger partial charge in [0.1, 0.15) is 29.4 Å². The van der Waals surface area contributed by atoms with Crippen LogP contribution in [0.2, 0.25) is 0 Å². The van der Waals surface area contributed by atoms with E-state index < -0.39 is 11.2 Å². The number of carbonyl (C=O) groups is 2. The molecule has 0 aliphatic carbocycles. The highest BCUT2D eigenvalue weighted by atomic mass is 16.6. The average molecular weight is 644 g/mol. The van der Waals surface area contributed by atoms with Gasteiger partial charge in [-0.25, -0.2) is 9.78 Å². The normalized spacial score (nSPS) is 18.1. The third kappa shape index (κ3) is 8.07. The Morgan fingerprint density at radius 2 is 1.64 bits per heavy atom. The lowest BCUT2D eigenvalue weighted by Crippen LogP contribution is -2.49. The second-order valence-corrected chi connectivity index (χ2v) is 14.6. The highest BCUT2D eigenvalue weighted by Gasteiger charge is 2.37. The van der Waals surface area contributed by atoms with Crippen molar-refractivity contribution in [2.45, 2.75) is 98.8 Å². The van der Waals surface area contributed by atoms with Gasteiger partial charge in [0.15, 0.2) is 0 Å². The van der Waals surface area contributed by atoms with Crippen molar-refractivity contribution in [2.75, 3.05) is 25.1 Å². The Bertz CT molecular complexity index is 1620. The summed E-state index contributed by atoms with van der Waals surface area (Å²) in [7, 11) is 1.64. The molecule has 1 fully saturated rings. The summed E-state index contributed by atoms with van der Waals surface area (Å²) in [5, 5.41) is 0. The molecule has 2 aliphatic heterocycles. The van der Waals surface area contributed by atoms with Crippen LogP contribution in [0, 0.1) is 19.8 Å². The van der Waals surface area contributed by atoms with Gasteiger partial charge < -0.3 is 23.8 Å². The van der Waals surface area contributed by atoms with E-state index in [1.807, 2.05) is 84.9 Å². The number of nitrogens with zero attached hydrogens (tertiary/aromatic N) is 3. The number of aromatic nitrogens is 1. The average Bonchev–Trinajstić information content (AvgIpc) is 3.45. The van der Waals surface area contributed by atoms with E-state index in [0.717, 1.165) is 50.6 Å². The van der Waals surface area contributed by atoms with E-state index in [4.69, 9.17) is 23.9 Å². The number of rotatable bonds is 7. The fraction of sp³-hybridized carbons (Fsp3) is 0.500. The predicted molar refractivity (Wildman–Crippen MR) is 182 cm³/mol. The van der Waals surface area contributed by atoms with Crippen molar-refractivity contribution in [3.8, 4) is 17.0 Å².